The molecule has 110 valence electrons. The van der Waals surface area contributed by atoms with Crippen molar-refractivity contribution in [2.75, 3.05) is 0 Å². The average molecular weight is 365 g/mol. The van der Waals surface area contributed by atoms with Crippen LogP contribution in [0.2, 0.25) is 0 Å². The van der Waals surface area contributed by atoms with Crippen LogP contribution in [0.3, 0.4) is 0 Å². The first-order chi connectivity index (χ1) is 9.77. The van der Waals surface area contributed by atoms with Crippen molar-refractivity contribution in [2.45, 2.75) is 36.0 Å². The Balaban J connectivity index is 2.30. The van der Waals surface area contributed by atoms with Crippen LogP contribution in [-0.4, -0.2) is 11.1 Å². The lowest BCUT2D eigenvalue weighted by Gasteiger charge is -2.19. The summed E-state index contributed by atoms with van der Waals surface area (Å²) in [6, 6.07) is 13.5. The lowest BCUT2D eigenvalue weighted by atomic mass is 9.87. The maximum Gasteiger partial charge on any atom is 0.336 e. The molecule has 0 saturated heterocycles. The summed E-state index contributed by atoms with van der Waals surface area (Å²) in [5.41, 5.74) is 1.70. The quantitative estimate of drug-likeness (QED) is 0.770. The van der Waals surface area contributed by atoms with Gasteiger partial charge >= 0.3 is 5.97 Å². The Kier molecular flexibility index (Phi) is 4.79. The Labute approximate surface area is 137 Å². The van der Waals surface area contributed by atoms with Gasteiger partial charge in [-0.1, -0.05) is 60.6 Å². The molecule has 2 aromatic carbocycles. The van der Waals surface area contributed by atoms with Crippen LogP contribution in [0.5, 0.6) is 0 Å². The number of hydrogen-bond donors (Lipinski definition) is 1. The number of rotatable bonds is 3. The Hall–Kier alpha value is -1.26. The molecular weight excluding hydrogens is 348 g/mol. The summed E-state index contributed by atoms with van der Waals surface area (Å²) >= 11 is 4.86. The van der Waals surface area contributed by atoms with Gasteiger partial charge in [-0.3, -0.25) is 0 Å². The van der Waals surface area contributed by atoms with Crippen molar-refractivity contribution in [2.24, 2.45) is 0 Å². The summed E-state index contributed by atoms with van der Waals surface area (Å²) in [6.07, 6.45) is 0. The molecule has 0 spiro atoms. The van der Waals surface area contributed by atoms with Crippen LogP contribution in [-0.2, 0) is 5.41 Å². The zero-order valence-corrected chi connectivity index (χ0v) is 14.6. The maximum absolute atomic E-state index is 11.3. The number of carboxylic acids is 1. The molecule has 2 aromatic rings. The number of carbonyl (C=O) groups is 1. The highest BCUT2D eigenvalue weighted by Crippen LogP contribution is 2.34. The molecule has 0 aliphatic heterocycles. The number of hydrogen-bond acceptors (Lipinski definition) is 2. The molecule has 1 N–H and O–H groups in total. The predicted octanol–water partition coefficient (Wildman–Crippen LogP) is 5.60. The van der Waals surface area contributed by atoms with E-state index in [1.54, 1.807) is 12.1 Å². The van der Waals surface area contributed by atoms with E-state index in [0.717, 1.165) is 14.3 Å². The van der Waals surface area contributed by atoms with E-state index in [-0.39, 0.29) is 5.41 Å². The molecular formula is C17H17BrO2S. The molecule has 0 amide bonds. The monoisotopic (exact) mass is 364 g/mol. The van der Waals surface area contributed by atoms with Gasteiger partial charge in [0.1, 0.15) is 0 Å². The lowest BCUT2D eigenvalue weighted by molar-refractivity contribution is 0.0693. The Bertz CT molecular complexity index is 657. The largest absolute Gasteiger partial charge is 0.478 e. The minimum absolute atomic E-state index is 0.116. The molecule has 2 nitrogen and oxygen atoms in total. The minimum Gasteiger partial charge on any atom is -0.478 e. The van der Waals surface area contributed by atoms with Crippen LogP contribution in [0.4, 0.5) is 0 Å². The summed E-state index contributed by atoms with van der Waals surface area (Å²) in [5, 5.41) is 9.26. The van der Waals surface area contributed by atoms with Crippen LogP contribution < -0.4 is 0 Å². The second-order valence-corrected chi connectivity index (χ2v) is 7.85. The normalized spacial score (nSPS) is 11.4. The molecule has 0 aliphatic rings. The maximum atomic E-state index is 11.3. The van der Waals surface area contributed by atoms with Crippen molar-refractivity contribution in [1.82, 2.24) is 0 Å². The Morgan fingerprint density at radius 1 is 1.10 bits per heavy atom. The molecule has 21 heavy (non-hydrogen) atoms. The van der Waals surface area contributed by atoms with Crippen molar-refractivity contribution in [3.05, 3.63) is 58.1 Å². The summed E-state index contributed by atoms with van der Waals surface area (Å²) in [5.74, 6) is -0.906. The van der Waals surface area contributed by atoms with Crippen molar-refractivity contribution in [3.63, 3.8) is 0 Å². The van der Waals surface area contributed by atoms with E-state index < -0.39 is 5.97 Å². The number of halogens is 1. The minimum atomic E-state index is -0.906. The third-order valence-corrected chi connectivity index (χ3v) is 4.68. The molecule has 0 heterocycles. The van der Waals surface area contributed by atoms with Crippen molar-refractivity contribution < 1.29 is 9.90 Å². The SMILES string of the molecule is CC(C)(C)c1ccc(Sc2cc(Br)ccc2C(=O)O)cc1. The van der Waals surface area contributed by atoms with Gasteiger partial charge in [-0.25, -0.2) is 4.79 Å². The van der Waals surface area contributed by atoms with Gasteiger partial charge in [0.25, 0.3) is 0 Å². The van der Waals surface area contributed by atoms with Gasteiger partial charge < -0.3 is 5.11 Å². The summed E-state index contributed by atoms with van der Waals surface area (Å²) in [7, 11) is 0. The molecule has 0 bridgehead atoms. The smallest absolute Gasteiger partial charge is 0.336 e. The molecule has 0 aliphatic carbocycles. The molecule has 4 heteroatoms. The summed E-state index contributed by atoms with van der Waals surface area (Å²) in [6.45, 7) is 6.52. The fourth-order valence-corrected chi connectivity index (χ4v) is 3.40. The molecule has 0 aromatic heterocycles. The van der Waals surface area contributed by atoms with Crippen LogP contribution in [0.15, 0.2) is 56.7 Å². The highest BCUT2D eigenvalue weighted by atomic mass is 79.9. The summed E-state index contributed by atoms with van der Waals surface area (Å²) < 4.78 is 0.876. The lowest BCUT2D eigenvalue weighted by Crippen LogP contribution is -2.10. The average Bonchev–Trinajstić information content (AvgIpc) is 2.38. The highest BCUT2D eigenvalue weighted by molar-refractivity contribution is 9.10. The van der Waals surface area contributed by atoms with E-state index in [1.165, 1.54) is 17.3 Å². The zero-order chi connectivity index (χ0) is 15.6. The topological polar surface area (TPSA) is 37.3 Å². The molecule has 0 radical (unpaired) electrons. The van der Waals surface area contributed by atoms with Crippen LogP contribution in [0, 0.1) is 0 Å². The first-order valence-electron chi connectivity index (χ1n) is 6.58. The fourth-order valence-electron chi connectivity index (χ4n) is 1.91. The van der Waals surface area contributed by atoms with Crippen LogP contribution >= 0.6 is 27.7 Å². The van der Waals surface area contributed by atoms with Crippen molar-refractivity contribution in [3.8, 4) is 0 Å². The Morgan fingerprint density at radius 3 is 2.24 bits per heavy atom. The number of benzene rings is 2. The van der Waals surface area contributed by atoms with E-state index in [4.69, 9.17) is 0 Å². The molecule has 0 atom stereocenters. The Morgan fingerprint density at radius 2 is 1.71 bits per heavy atom. The fraction of sp³-hybridized carbons (Fsp3) is 0.235. The second-order valence-electron chi connectivity index (χ2n) is 5.82. The van der Waals surface area contributed by atoms with Gasteiger partial charge in [-0.15, -0.1) is 0 Å². The van der Waals surface area contributed by atoms with Gasteiger partial charge in [0.2, 0.25) is 0 Å². The van der Waals surface area contributed by atoms with Gasteiger partial charge in [0.15, 0.2) is 0 Å². The molecule has 0 unspecified atom stereocenters. The third kappa shape index (κ3) is 4.11. The molecule has 0 saturated carbocycles. The van der Waals surface area contributed by atoms with Gasteiger partial charge in [-0.2, -0.15) is 0 Å². The standard InChI is InChI=1S/C17H17BrO2S/c1-17(2,3)11-4-7-13(8-5-11)21-15-10-12(18)6-9-14(15)16(19)20/h4-10H,1-3H3,(H,19,20). The van der Waals surface area contributed by atoms with Crippen LogP contribution in [0.1, 0.15) is 36.7 Å². The number of aromatic carboxylic acids is 1. The van der Waals surface area contributed by atoms with Gasteiger partial charge in [0, 0.05) is 14.3 Å². The van der Waals surface area contributed by atoms with E-state index in [2.05, 4.69) is 48.8 Å². The first-order valence-corrected chi connectivity index (χ1v) is 8.19. The molecule has 2 rings (SSSR count). The summed E-state index contributed by atoms with van der Waals surface area (Å²) in [4.78, 5) is 13.0. The van der Waals surface area contributed by atoms with E-state index >= 15 is 0 Å². The van der Waals surface area contributed by atoms with Crippen LogP contribution in [0.25, 0.3) is 0 Å². The zero-order valence-electron chi connectivity index (χ0n) is 12.2. The van der Waals surface area contributed by atoms with E-state index in [1.807, 2.05) is 18.2 Å². The van der Waals surface area contributed by atoms with Gasteiger partial charge in [0.05, 0.1) is 5.56 Å². The first kappa shape index (κ1) is 16.1. The third-order valence-electron chi connectivity index (χ3n) is 3.12. The van der Waals surface area contributed by atoms with Crippen molar-refractivity contribution in [1.29, 1.82) is 0 Å². The molecule has 0 fully saturated rings. The van der Waals surface area contributed by atoms with E-state index in [9.17, 15) is 9.90 Å². The highest BCUT2D eigenvalue weighted by Gasteiger charge is 2.14. The van der Waals surface area contributed by atoms with Gasteiger partial charge in [-0.05, 0) is 41.3 Å². The van der Waals surface area contributed by atoms with E-state index in [0.29, 0.717) is 5.56 Å². The predicted molar refractivity (Wildman–Crippen MR) is 90.4 cm³/mol. The van der Waals surface area contributed by atoms with Crippen molar-refractivity contribution >= 4 is 33.7 Å². The number of carboxylic acid groups (broad SMARTS) is 1. The second kappa shape index (κ2) is 6.24.